The average molecular weight is 283 g/mol. The summed E-state index contributed by atoms with van der Waals surface area (Å²) < 4.78 is 7.27. The van der Waals surface area contributed by atoms with Crippen molar-refractivity contribution < 1.29 is 14.6 Å². The Morgan fingerprint density at radius 3 is 2.71 bits per heavy atom. The van der Waals surface area contributed by atoms with Gasteiger partial charge in [-0.05, 0) is 31.2 Å². The third-order valence-electron chi connectivity index (χ3n) is 3.12. The summed E-state index contributed by atoms with van der Waals surface area (Å²) in [5.41, 5.74) is 1.58. The Balaban J connectivity index is 1.86. The van der Waals surface area contributed by atoms with Crippen molar-refractivity contribution in [1.82, 2.24) is 14.6 Å². The lowest BCUT2D eigenvalue weighted by atomic mass is 10.2. The molecule has 3 rings (SSSR count). The van der Waals surface area contributed by atoms with Crippen molar-refractivity contribution in [2.45, 2.75) is 13.5 Å². The van der Waals surface area contributed by atoms with E-state index in [0.29, 0.717) is 11.5 Å². The van der Waals surface area contributed by atoms with Gasteiger partial charge in [-0.15, -0.1) is 10.2 Å². The van der Waals surface area contributed by atoms with Gasteiger partial charge in [-0.1, -0.05) is 17.7 Å². The standard InChI is InChI=1S/C15H13N3O3/c1-10-4-6-11(7-5-10)21-9-13-16-17-14-12(15(19)20)3-2-8-18(13)14/h2-8H,9H2,1H3,(H,19,20). The molecule has 0 saturated heterocycles. The normalized spacial score (nSPS) is 10.7. The molecule has 106 valence electrons. The van der Waals surface area contributed by atoms with E-state index in [4.69, 9.17) is 9.84 Å². The van der Waals surface area contributed by atoms with Crippen molar-refractivity contribution in [2.75, 3.05) is 0 Å². The summed E-state index contributed by atoms with van der Waals surface area (Å²) in [6.07, 6.45) is 1.72. The van der Waals surface area contributed by atoms with Gasteiger partial charge in [0.2, 0.25) is 0 Å². The molecule has 2 heterocycles. The fourth-order valence-corrected chi connectivity index (χ4v) is 2.01. The van der Waals surface area contributed by atoms with E-state index in [2.05, 4.69) is 10.2 Å². The Hall–Kier alpha value is -2.89. The highest BCUT2D eigenvalue weighted by atomic mass is 16.5. The van der Waals surface area contributed by atoms with Crippen LogP contribution in [0.25, 0.3) is 5.65 Å². The second-order valence-electron chi connectivity index (χ2n) is 4.64. The minimum atomic E-state index is -1.03. The summed E-state index contributed by atoms with van der Waals surface area (Å²) in [5, 5.41) is 17.0. The number of pyridine rings is 1. The van der Waals surface area contributed by atoms with Gasteiger partial charge < -0.3 is 9.84 Å². The van der Waals surface area contributed by atoms with E-state index in [-0.39, 0.29) is 12.2 Å². The van der Waals surface area contributed by atoms with Crippen molar-refractivity contribution >= 4 is 11.6 Å². The molecule has 0 aliphatic heterocycles. The highest BCUT2D eigenvalue weighted by Gasteiger charge is 2.13. The van der Waals surface area contributed by atoms with E-state index in [1.165, 1.54) is 6.07 Å². The zero-order valence-electron chi connectivity index (χ0n) is 11.4. The minimum absolute atomic E-state index is 0.117. The molecule has 0 bridgehead atoms. The lowest BCUT2D eigenvalue weighted by Crippen LogP contribution is -2.04. The second-order valence-corrected chi connectivity index (χ2v) is 4.64. The first-order valence-corrected chi connectivity index (χ1v) is 6.40. The number of hydrogen-bond acceptors (Lipinski definition) is 4. The van der Waals surface area contributed by atoms with Crippen LogP contribution in [0.3, 0.4) is 0 Å². The van der Waals surface area contributed by atoms with Gasteiger partial charge in [0, 0.05) is 6.20 Å². The highest BCUT2D eigenvalue weighted by Crippen LogP contribution is 2.15. The maximum atomic E-state index is 11.1. The number of nitrogens with zero attached hydrogens (tertiary/aromatic N) is 3. The Morgan fingerprint density at radius 2 is 2.00 bits per heavy atom. The quantitative estimate of drug-likeness (QED) is 0.795. The summed E-state index contributed by atoms with van der Waals surface area (Å²) in [6, 6.07) is 10.8. The van der Waals surface area contributed by atoms with Gasteiger partial charge in [0.05, 0.1) is 0 Å². The minimum Gasteiger partial charge on any atom is -0.486 e. The van der Waals surface area contributed by atoms with Crippen molar-refractivity contribution in [3.63, 3.8) is 0 Å². The third kappa shape index (κ3) is 2.55. The Labute approximate surface area is 120 Å². The SMILES string of the molecule is Cc1ccc(OCc2nnc3c(C(=O)O)cccn23)cc1. The van der Waals surface area contributed by atoms with Crippen molar-refractivity contribution in [2.24, 2.45) is 0 Å². The summed E-state index contributed by atoms with van der Waals surface area (Å²) in [5.74, 6) is 0.249. The molecule has 1 N–H and O–H groups in total. The molecule has 0 saturated carbocycles. The van der Waals surface area contributed by atoms with Gasteiger partial charge in [-0.2, -0.15) is 0 Å². The molecule has 0 aliphatic rings. The molecule has 0 spiro atoms. The molecular formula is C15H13N3O3. The Kier molecular flexibility index (Phi) is 3.27. The Morgan fingerprint density at radius 1 is 1.24 bits per heavy atom. The number of aryl methyl sites for hydroxylation is 1. The van der Waals surface area contributed by atoms with Gasteiger partial charge in [0.25, 0.3) is 0 Å². The van der Waals surface area contributed by atoms with Gasteiger partial charge in [-0.3, -0.25) is 4.40 Å². The van der Waals surface area contributed by atoms with Crippen molar-refractivity contribution in [3.8, 4) is 5.75 Å². The van der Waals surface area contributed by atoms with Crippen LogP contribution in [0.2, 0.25) is 0 Å². The fraction of sp³-hybridized carbons (Fsp3) is 0.133. The molecule has 6 heteroatoms. The van der Waals surface area contributed by atoms with Crippen LogP contribution in [-0.2, 0) is 6.61 Å². The molecule has 6 nitrogen and oxygen atoms in total. The fourth-order valence-electron chi connectivity index (χ4n) is 2.01. The number of fused-ring (bicyclic) bond motifs is 1. The predicted molar refractivity (Wildman–Crippen MR) is 75.5 cm³/mol. The molecule has 2 aromatic heterocycles. The van der Waals surface area contributed by atoms with Crippen molar-refractivity contribution in [3.05, 3.63) is 59.5 Å². The van der Waals surface area contributed by atoms with E-state index in [1.807, 2.05) is 31.2 Å². The Bertz CT molecular complexity index is 794. The van der Waals surface area contributed by atoms with Gasteiger partial charge in [0.1, 0.15) is 17.9 Å². The first-order chi connectivity index (χ1) is 10.1. The molecular weight excluding hydrogens is 270 g/mol. The topological polar surface area (TPSA) is 76.7 Å². The smallest absolute Gasteiger partial charge is 0.339 e. The van der Waals surface area contributed by atoms with Crippen LogP contribution in [0.15, 0.2) is 42.6 Å². The first kappa shape index (κ1) is 13.1. The molecule has 0 amide bonds. The zero-order valence-corrected chi connectivity index (χ0v) is 11.4. The van der Waals surface area contributed by atoms with Crippen LogP contribution < -0.4 is 4.74 Å². The largest absolute Gasteiger partial charge is 0.486 e. The monoisotopic (exact) mass is 283 g/mol. The molecule has 0 radical (unpaired) electrons. The number of rotatable bonds is 4. The molecule has 0 unspecified atom stereocenters. The van der Waals surface area contributed by atoms with Gasteiger partial charge in [-0.25, -0.2) is 4.79 Å². The van der Waals surface area contributed by atoms with E-state index >= 15 is 0 Å². The first-order valence-electron chi connectivity index (χ1n) is 6.40. The van der Waals surface area contributed by atoms with Crippen LogP contribution in [0.1, 0.15) is 21.7 Å². The second kappa shape index (κ2) is 5.24. The molecule has 0 fully saturated rings. The lowest BCUT2D eigenvalue weighted by Gasteiger charge is -2.05. The van der Waals surface area contributed by atoms with Gasteiger partial charge >= 0.3 is 5.97 Å². The number of hydrogen-bond donors (Lipinski definition) is 1. The molecule has 0 aliphatic carbocycles. The molecule has 1 aromatic carbocycles. The van der Waals surface area contributed by atoms with Crippen LogP contribution >= 0.6 is 0 Å². The van der Waals surface area contributed by atoms with E-state index in [9.17, 15) is 4.79 Å². The van der Waals surface area contributed by atoms with Gasteiger partial charge in [0.15, 0.2) is 11.5 Å². The number of aromatic carboxylic acids is 1. The number of carboxylic acids is 1. The summed E-state index contributed by atoms with van der Waals surface area (Å²) in [6.45, 7) is 2.22. The maximum Gasteiger partial charge on any atom is 0.339 e. The predicted octanol–water partition coefficient (Wildman–Crippen LogP) is 2.31. The zero-order chi connectivity index (χ0) is 14.8. The van der Waals surface area contributed by atoms with E-state index in [1.54, 1.807) is 16.7 Å². The van der Waals surface area contributed by atoms with E-state index < -0.39 is 5.97 Å². The maximum absolute atomic E-state index is 11.1. The summed E-state index contributed by atoms with van der Waals surface area (Å²) in [7, 11) is 0. The highest BCUT2D eigenvalue weighted by molar-refractivity contribution is 5.94. The number of carboxylic acid groups (broad SMARTS) is 1. The molecule has 21 heavy (non-hydrogen) atoms. The average Bonchev–Trinajstić information content (AvgIpc) is 2.89. The number of carbonyl (C=O) groups is 1. The number of benzene rings is 1. The lowest BCUT2D eigenvalue weighted by molar-refractivity contribution is 0.0698. The summed E-state index contributed by atoms with van der Waals surface area (Å²) in [4.78, 5) is 11.1. The molecule has 3 aromatic rings. The summed E-state index contributed by atoms with van der Waals surface area (Å²) >= 11 is 0. The van der Waals surface area contributed by atoms with Crippen LogP contribution in [0, 0.1) is 6.92 Å². The third-order valence-corrected chi connectivity index (χ3v) is 3.12. The number of aromatic nitrogens is 3. The van der Waals surface area contributed by atoms with Crippen molar-refractivity contribution in [1.29, 1.82) is 0 Å². The molecule has 0 atom stereocenters. The van der Waals surface area contributed by atoms with Crippen LogP contribution in [-0.4, -0.2) is 25.7 Å². The van der Waals surface area contributed by atoms with E-state index in [0.717, 1.165) is 11.3 Å². The van der Waals surface area contributed by atoms with Crippen LogP contribution in [0.4, 0.5) is 0 Å². The van der Waals surface area contributed by atoms with Crippen LogP contribution in [0.5, 0.6) is 5.75 Å². The number of ether oxygens (including phenoxy) is 1.